The molecular weight excluding hydrogens is 522 g/mol. The van der Waals surface area contributed by atoms with Crippen molar-refractivity contribution in [3.05, 3.63) is 52.6 Å². The Labute approximate surface area is 242 Å². The van der Waals surface area contributed by atoms with Gasteiger partial charge in [-0.15, -0.1) is 0 Å². The first-order valence-corrected chi connectivity index (χ1v) is 15.4. The van der Waals surface area contributed by atoms with Crippen LogP contribution in [-0.4, -0.2) is 95.9 Å². The zero-order valence-corrected chi connectivity index (χ0v) is 25.0. The van der Waals surface area contributed by atoms with Gasteiger partial charge in [0.1, 0.15) is 23.3 Å². The number of benzene rings is 1. The van der Waals surface area contributed by atoms with Crippen LogP contribution in [0.2, 0.25) is 0 Å². The number of rotatable bonds is 5. The largest absolute Gasteiger partial charge is 0.444 e. The monoisotopic (exact) mass is 563 g/mol. The Morgan fingerprint density at radius 2 is 1.60 bits per heavy atom. The van der Waals surface area contributed by atoms with E-state index in [1.54, 1.807) is 16.8 Å². The maximum absolute atomic E-state index is 12.7. The minimum Gasteiger partial charge on any atom is -0.444 e. The van der Waals surface area contributed by atoms with Gasteiger partial charge in [0.05, 0.1) is 5.56 Å². The fourth-order valence-corrected chi connectivity index (χ4v) is 6.28. The molecule has 2 fully saturated rings. The number of piperazine rings is 2. The summed E-state index contributed by atoms with van der Waals surface area (Å²) in [5, 5.41) is 10.4. The number of nitriles is 1. The molecule has 0 bridgehead atoms. The minimum absolute atomic E-state index is 0.258. The number of fused-ring (bicyclic) bond motifs is 1. The first kappa shape index (κ1) is 28.5. The van der Waals surface area contributed by atoms with Gasteiger partial charge >= 0.3 is 6.09 Å². The van der Waals surface area contributed by atoms with E-state index >= 15 is 0 Å². The normalized spacial score (nSPS) is 18.8. The summed E-state index contributed by atoms with van der Waals surface area (Å²) in [7, 11) is 0. The Morgan fingerprint density at radius 3 is 2.23 bits per heavy atom. The van der Waals surface area contributed by atoms with E-state index in [0.29, 0.717) is 26.2 Å². The smallest absolute Gasteiger partial charge is 0.410 e. The summed E-state index contributed by atoms with van der Waals surface area (Å²) >= 11 is 1.77. The fraction of sp³-hybridized carbons (Fsp3) is 0.567. The SMILES string of the molecule is CSN1CCN(c2nc(N3CCN(C(=O)OC(C)(C)C)CC3)c3c(c2C#N)CN(Cc2ccccc2)CC3)CC1. The number of ether oxygens (including phenoxy) is 1. The standard InChI is InChI=1S/C30H41N7O2S/c1-30(2,3)39-29(38)36-14-12-34(13-15-36)27-24-10-11-33(21-23-8-6-5-7-9-23)22-26(24)25(20-31)28(32-27)35-16-18-37(40-4)19-17-35/h5-9H,10-19,21-22H2,1-4H3. The zero-order chi connectivity index (χ0) is 28.3. The number of amides is 1. The summed E-state index contributed by atoms with van der Waals surface area (Å²) in [6, 6.07) is 13.1. The van der Waals surface area contributed by atoms with E-state index in [-0.39, 0.29) is 6.09 Å². The third-order valence-electron chi connectivity index (χ3n) is 7.82. The first-order valence-electron chi connectivity index (χ1n) is 14.2. The van der Waals surface area contributed by atoms with Crippen LogP contribution in [0.15, 0.2) is 30.3 Å². The molecule has 1 amide bonds. The molecule has 10 heteroatoms. The molecule has 0 radical (unpaired) electrons. The molecule has 0 saturated carbocycles. The van der Waals surface area contributed by atoms with Gasteiger partial charge in [-0.2, -0.15) is 5.26 Å². The highest BCUT2D eigenvalue weighted by Crippen LogP contribution is 2.36. The number of carbonyl (C=O) groups is 1. The number of anilines is 2. The van der Waals surface area contributed by atoms with E-state index in [2.05, 4.69) is 55.6 Å². The van der Waals surface area contributed by atoms with Crippen LogP contribution in [0.25, 0.3) is 0 Å². The predicted molar refractivity (Wildman–Crippen MR) is 161 cm³/mol. The summed E-state index contributed by atoms with van der Waals surface area (Å²) < 4.78 is 7.98. The molecule has 3 aliphatic heterocycles. The number of aromatic nitrogens is 1. The van der Waals surface area contributed by atoms with Gasteiger partial charge in [0, 0.05) is 77.6 Å². The maximum Gasteiger partial charge on any atom is 0.410 e. The van der Waals surface area contributed by atoms with E-state index in [0.717, 1.165) is 75.0 Å². The second-order valence-electron chi connectivity index (χ2n) is 11.7. The van der Waals surface area contributed by atoms with Crippen LogP contribution >= 0.6 is 11.9 Å². The first-order chi connectivity index (χ1) is 19.3. The van der Waals surface area contributed by atoms with Crippen LogP contribution in [0.1, 0.15) is 43.0 Å². The number of nitrogens with zero attached hydrogens (tertiary/aromatic N) is 7. The minimum atomic E-state index is -0.511. The molecule has 0 spiro atoms. The van der Waals surface area contributed by atoms with E-state index in [9.17, 15) is 10.1 Å². The highest BCUT2D eigenvalue weighted by Gasteiger charge is 2.33. The molecule has 9 nitrogen and oxygen atoms in total. The number of pyridine rings is 1. The van der Waals surface area contributed by atoms with E-state index in [1.165, 1.54) is 11.1 Å². The molecule has 4 heterocycles. The topological polar surface area (TPSA) is 79.2 Å². The van der Waals surface area contributed by atoms with Crippen LogP contribution in [0.5, 0.6) is 0 Å². The fourth-order valence-electron chi connectivity index (χ4n) is 5.75. The maximum atomic E-state index is 12.7. The van der Waals surface area contributed by atoms with Crippen molar-refractivity contribution in [1.29, 1.82) is 5.26 Å². The quantitative estimate of drug-likeness (QED) is 0.502. The summed E-state index contributed by atoms with van der Waals surface area (Å²) in [5.74, 6) is 1.80. The molecule has 214 valence electrons. The predicted octanol–water partition coefficient (Wildman–Crippen LogP) is 3.97. The van der Waals surface area contributed by atoms with Gasteiger partial charge in [0.15, 0.2) is 0 Å². The second-order valence-corrected chi connectivity index (χ2v) is 12.6. The van der Waals surface area contributed by atoms with Gasteiger partial charge in [-0.3, -0.25) is 4.90 Å². The lowest BCUT2D eigenvalue weighted by Gasteiger charge is -2.40. The molecule has 0 aliphatic carbocycles. The van der Waals surface area contributed by atoms with Crippen LogP contribution in [-0.2, 0) is 24.2 Å². The molecule has 1 aromatic heterocycles. The van der Waals surface area contributed by atoms with Crippen molar-refractivity contribution >= 4 is 29.7 Å². The van der Waals surface area contributed by atoms with E-state index in [4.69, 9.17) is 9.72 Å². The average Bonchev–Trinajstić information content (AvgIpc) is 2.96. The van der Waals surface area contributed by atoms with Gasteiger partial charge < -0.3 is 19.4 Å². The van der Waals surface area contributed by atoms with E-state index in [1.807, 2.05) is 26.8 Å². The Kier molecular flexibility index (Phi) is 8.74. The Morgan fingerprint density at radius 1 is 0.950 bits per heavy atom. The van der Waals surface area contributed by atoms with Crippen molar-refractivity contribution in [3.63, 3.8) is 0 Å². The Bertz CT molecular complexity index is 1230. The molecule has 0 unspecified atom stereocenters. The average molecular weight is 564 g/mol. The number of hydrogen-bond donors (Lipinski definition) is 0. The van der Waals surface area contributed by atoms with Gasteiger partial charge in [-0.25, -0.2) is 14.1 Å². The van der Waals surface area contributed by atoms with E-state index < -0.39 is 5.60 Å². The summed E-state index contributed by atoms with van der Waals surface area (Å²) in [6.45, 7) is 14.4. The van der Waals surface area contributed by atoms with Crippen LogP contribution in [0, 0.1) is 11.3 Å². The van der Waals surface area contributed by atoms with Crippen LogP contribution < -0.4 is 9.80 Å². The summed E-state index contributed by atoms with van der Waals surface area (Å²) in [6.07, 6.45) is 2.71. The van der Waals surface area contributed by atoms with Crippen molar-refractivity contribution in [3.8, 4) is 6.07 Å². The summed E-state index contributed by atoms with van der Waals surface area (Å²) in [4.78, 5) is 26.8. The van der Waals surface area contributed by atoms with Crippen molar-refractivity contribution in [2.75, 3.05) is 75.0 Å². The van der Waals surface area contributed by atoms with Gasteiger partial charge in [0.25, 0.3) is 0 Å². The lowest BCUT2D eigenvalue weighted by atomic mass is 9.94. The van der Waals surface area contributed by atoms with Crippen molar-refractivity contribution in [2.45, 2.75) is 45.9 Å². The van der Waals surface area contributed by atoms with Crippen molar-refractivity contribution in [1.82, 2.24) is 19.1 Å². The molecule has 40 heavy (non-hydrogen) atoms. The molecule has 5 rings (SSSR count). The van der Waals surface area contributed by atoms with Gasteiger partial charge in [0.2, 0.25) is 0 Å². The highest BCUT2D eigenvalue weighted by molar-refractivity contribution is 7.96. The van der Waals surface area contributed by atoms with Gasteiger partial charge in [-0.05, 0) is 44.6 Å². The molecule has 0 N–H and O–H groups in total. The Hall–Kier alpha value is -3.00. The summed E-state index contributed by atoms with van der Waals surface area (Å²) in [5.41, 5.74) is 3.81. The Balaban J connectivity index is 1.43. The molecule has 3 aliphatic rings. The van der Waals surface area contributed by atoms with Crippen molar-refractivity contribution in [2.24, 2.45) is 0 Å². The lowest BCUT2D eigenvalue weighted by molar-refractivity contribution is 0.0240. The van der Waals surface area contributed by atoms with Crippen molar-refractivity contribution < 1.29 is 9.53 Å². The number of hydrogen-bond acceptors (Lipinski definition) is 9. The lowest BCUT2D eigenvalue weighted by Crippen LogP contribution is -2.51. The third kappa shape index (κ3) is 6.48. The third-order valence-corrected chi connectivity index (χ3v) is 8.70. The highest BCUT2D eigenvalue weighted by atomic mass is 32.2. The number of carbonyl (C=O) groups excluding carboxylic acids is 1. The molecule has 2 aromatic rings. The van der Waals surface area contributed by atoms with Crippen LogP contribution in [0.4, 0.5) is 16.4 Å². The molecule has 0 atom stereocenters. The second kappa shape index (κ2) is 12.2. The molecule has 2 saturated heterocycles. The molecule has 1 aromatic carbocycles. The van der Waals surface area contributed by atoms with Crippen LogP contribution in [0.3, 0.4) is 0 Å². The zero-order valence-electron chi connectivity index (χ0n) is 24.2. The van der Waals surface area contributed by atoms with Gasteiger partial charge in [-0.1, -0.05) is 42.3 Å². The molecular formula is C30H41N7O2S.